The third-order valence-corrected chi connectivity index (χ3v) is 4.69. The standard InChI is InChI=1S/C19H28N2O2/c1-13-11-14(2)19(15(3)12-13)20-18(23)9-10-21(16(4)22)17-7-5-6-8-17/h11-12,17H,5-10H2,1-4H3,(H,20,23). The lowest BCUT2D eigenvalue weighted by molar-refractivity contribution is -0.131. The summed E-state index contributed by atoms with van der Waals surface area (Å²) in [5.74, 6) is 0.0525. The molecule has 1 aromatic rings. The van der Waals surface area contributed by atoms with Crippen LogP contribution in [0.25, 0.3) is 0 Å². The van der Waals surface area contributed by atoms with Crippen LogP contribution in [0.3, 0.4) is 0 Å². The van der Waals surface area contributed by atoms with Crippen LogP contribution < -0.4 is 5.32 Å². The fraction of sp³-hybridized carbons (Fsp3) is 0.579. The molecule has 0 radical (unpaired) electrons. The molecule has 1 aromatic carbocycles. The first kappa shape index (κ1) is 17.5. The third-order valence-electron chi connectivity index (χ3n) is 4.69. The summed E-state index contributed by atoms with van der Waals surface area (Å²) in [5.41, 5.74) is 4.25. The van der Waals surface area contributed by atoms with Crippen LogP contribution >= 0.6 is 0 Å². The lowest BCUT2D eigenvalue weighted by atomic mass is 10.0. The SMILES string of the molecule is CC(=O)N(CCC(=O)Nc1c(C)cc(C)cc1C)C1CCCC1. The molecule has 0 saturated heterocycles. The van der Waals surface area contributed by atoms with Gasteiger partial charge in [0.2, 0.25) is 11.8 Å². The molecule has 2 amide bonds. The second-order valence-corrected chi connectivity index (χ2v) is 6.72. The highest BCUT2D eigenvalue weighted by atomic mass is 16.2. The van der Waals surface area contributed by atoms with Gasteiger partial charge < -0.3 is 10.2 Å². The van der Waals surface area contributed by atoms with Crippen molar-refractivity contribution in [3.05, 3.63) is 28.8 Å². The molecule has 1 N–H and O–H groups in total. The Balaban J connectivity index is 1.95. The van der Waals surface area contributed by atoms with Crippen LogP contribution in [0.5, 0.6) is 0 Å². The maximum atomic E-state index is 12.3. The number of aryl methyl sites for hydroxylation is 3. The van der Waals surface area contributed by atoms with Crippen molar-refractivity contribution < 1.29 is 9.59 Å². The summed E-state index contributed by atoms with van der Waals surface area (Å²) in [6, 6.07) is 4.47. The second kappa shape index (κ2) is 7.62. The Morgan fingerprint density at radius 1 is 1.13 bits per heavy atom. The summed E-state index contributed by atoms with van der Waals surface area (Å²) < 4.78 is 0. The Labute approximate surface area is 139 Å². The van der Waals surface area contributed by atoms with Crippen LogP contribution in [0.15, 0.2) is 12.1 Å². The zero-order valence-electron chi connectivity index (χ0n) is 14.7. The molecule has 4 heteroatoms. The lowest BCUT2D eigenvalue weighted by Gasteiger charge is -2.27. The monoisotopic (exact) mass is 316 g/mol. The van der Waals surface area contributed by atoms with E-state index in [9.17, 15) is 9.59 Å². The van der Waals surface area contributed by atoms with E-state index in [-0.39, 0.29) is 11.8 Å². The molecular weight excluding hydrogens is 288 g/mol. The van der Waals surface area contributed by atoms with E-state index in [1.165, 1.54) is 18.4 Å². The van der Waals surface area contributed by atoms with E-state index in [1.54, 1.807) is 6.92 Å². The van der Waals surface area contributed by atoms with Crippen LogP contribution in [-0.2, 0) is 9.59 Å². The first-order chi connectivity index (χ1) is 10.9. The Morgan fingerprint density at radius 3 is 2.22 bits per heavy atom. The molecule has 23 heavy (non-hydrogen) atoms. The molecule has 0 spiro atoms. The molecule has 0 heterocycles. The quantitative estimate of drug-likeness (QED) is 0.900. The van der Waals surface area contributed by atoms with Crippen molar-refractivity contribution in [1.29, 1.82) is 0 Å². The number of benzene rings is 1. The molecule has 0 aromatic heterocycles. The van der Waals surface area contributed by atoms with Crippen molar-refractivity contribution in [2.45, 2.75) is 65.8 Å². The highest BCUT2D eigenvalue weighted by Gasteiger charge is 2.24. The summed E-state index contributed by atoms with van der Waals surface area (Å²) in [6.45, 7) is 8.18. The van der Waals surface area contributed by atoms with Gasteiger partial charge in [-0.05, 0) is 44.7 Å². The van der Waals surface area contributed by atoms with Crippen molar-refractivity contribution in [2.75, 3.05) is 11.9 Å². The number of amides is 2. The van der Waals surface area contributed by atoms with Crippen molar-refractivity contribution in [2.24, 2.45) is 0 Å². The van der Waals surface area contributed by atoms with Gasteiger partial charge in [-0.1, -0.05) is 30.5 Å². The van der Waals surface area contributed by atoms with Gasteiger partial charge in [0, 0.05) is 31.6 Å². The Bertz CT molecular complexity index is 566. The van der Waals surface area contributed by atoms with E-state index in [2.05, 4.69) is 24.4 Å². The Kier molecular flexibility index (Phi) is 5.80. The smallest absolute Gasteiger partial charge is 0.226 e. The summed E-state index contributed by atoms with van der Waals surface area (Å²) in [5, 5.41) is 3.01. The van der Waals surface area contributed by atoms with Crippen LogP contribution in [0.4, 0.5) is 5.69 Å². The number of hydrogen-bond donors (Lipinski definition) is 1. The zero-order valence-corrected chi connectivity index (χ0v) is 14.7. The minimum atomic E-state index is -0.0238. The molecule has 1 aliphatic carbocycles. The first-order valence-electron chi connectivity index (χ1n) is 8.53. The lowest BCUT2D eigenvalue weighted by Crippen LogP contribution is -2.39. The molecule has 1 fully saturated rings. The minimum Gasteiger partial charge on any atom is -0.339 e. The van der Waals surface area contributed by atoms with Crippen molar-refractivity contribution in [1.82, 2.24) is 4.90 Å². The zero-order chi connectivity index (χ0) is 17.0. The average Bonchev–Trinajstić information content (AvgIpc) is 2.96. The number of hydrogen-bond acceptors (Lipinski definition) is 2. The molecule has 1 saturated carbocycles. The summed E-state index contributed by atoms with van der Waals surface area (Å²) in [6.07, 6.45) is 4.85. The number of rotatable bonds is 5. The molecule has 4 nitrogen and oxygen atoms in total. The number of nitrogens with one attached hydrogen (secondary N) is 1. The van der Waals surface area contributed by atoms with Crippen molar-refractivity contribution in [3.8, 4) is 0 Å². The van der Waals surface area contributed by atoms with Gasteiger partial charge in [-0.15, -0.1) is 0 Å². The van der Waals surface area contributed by atoms with E-state index >= 15 is 0 Å². The van der Waals surface area contributed by atoms with Gasteiger partial charge >= 0.3 is 0 Å². The van der Waals surface area contributed by atoms with Gasteiger partial charge in [0.1, 0.15) is 0 Å². The van der Waals surface area contributed by atoms with Crippen LogP contribution in [0, 0.1) is 20.8 Å². The van der Waals surface area contributed by atoms with E-state index in [1.807, 2.05) is 18.7 Å². The molecule has 0 aliphatic heterocycles. The van der Waals surface area contributed by atoms with Crippen molar-refractivity contribution in [3.63, 3.8) is 0 Å². The predicted octanol–water partition coefficient (Wildman–Crippen LogP) is 3.73. The minimum absolute atomic E-state index is 0.0238. The van der Waals surface area contributed by atoms with Gasteiger partial charge in [0.05, 0.1) is 0 Å². The fourth-order valence-corrected chi connectivity index (χ4v) is 3.61. The molecule has 1 aliphatic rings. The van der Waals surface area contributed by atoms with Gasteiger partial charge in [-0.2, -0.15) is 0 Å². The number of carbonyl (C=O) groups excluding carboxylic acids is 2. The topological polar surface area (TPSA) is 49.4 Å². The van der Waals surface area contributed by atoms with Gasteiger partial charge in [0.15, 0.2) is 0 Å². The van der Waals surface area contributed by atoms with Gasteiger partial charge in [0.25, 0.3) is 0 Å². The summed E-state index contributed by atoms with van der Waals surface area (Å²) in [7, 11) is 0. The molecule has 0 unspecified atom stereocenters. The van der Waals surface area contributed by atoms with E-state index < -0.39 is 0 Å². The average molecular weight is 316 g/mol. The maximum absolute atomic E-state index is 12.3. The molecule has 2 rings (SSSR count). The molecule has 0 bridgehead atoms. The fourth-order valence-electron chi connectivity index (χ4n) is 3.61. The highest BCUT2D eigenvalue weighted by Crippen LogP contribution is 2.24. The third kappa shape index (κ3) is 4.57. The van der Waals surface area contributed by atoms with Gasteiger partial charge in [-0.3, -0.25) is 9.59 Å². The van der Waals surface area contributed by atoms with Gasteiger partial charge in [-0.25, -0.2) is 0 Å². The van der Waals surface area contributed by atoms with Crippen molar-refractivity contribution >= 4 is 17.5 Å². The highest BCUT2D eigenvalue weighted by molar-refractivity contribution is 5.92. The number of nitrogens with zero attached hydrogens (tertiary/aromatic N) is 1. The van der Waals surface area contributed by atoms with Crippen LogP contribution in [0.2, 0.25) is 0 Å². The van der Waals surface area contributed by atoms with E-state index in [4.69, 9.17) is 0 Å². The van der Waals surface area contributed by atoms with E-state index in [0.717, 1.165) is 29.7 Å². The second-order valence-electron chi connectivity index (χ2n) is 6.72. The maximum Gasteiger partial charge on any atom is 0.226 e. The Morgan fingerprint density at radius 2 is 1.70 bits per heavy atom. The molecule has 126 valence electrons. The molecule has 0 atom stereocenters. The number of carbonyl (C=O) groups is 2. The van der Waals surface area contributed by atoms with Crippen LogP contribution in [-0.4, -0.2) is 29.3 Å². The van der Waals surface area contributed by atoms with E-state index in [0.29, 0.717) is 19.0 Å². The summed E-state index contributed by atoms with van der Waals surface area (Å²) >= 11 is 0. The Hall–Kier alpha value is -1.84. The summed E-state index contributed by atoms with van der Waals surface area (Å²) in [4.78, 5) is 26.0. The number of anilines is 1. The van der Waals surface area contributed by atoms with Crippen LogP contribution in [0.1, 0.15) is 55.7 Å². The molecular formula is C19H28N2O2. The predicted molar refractivity (Wildman–Crippen MR) is 93.5 cm³/mol. The normalized spacial score (nSPS) is 14.8. The largest absolute Gasteiger partial charge is 0.339 e. The first-order valence-corrected chi connectivity index (χ1v) is 8.53.